The van der Waals surface area contributed by atoms with Crippen LogP contribution in [0.1, 0.15) is 37.2 Å². The Morgan fingerprint density at radius 3 is 2.22 bits per heavy atom. The fraction of sp³-hybridized carbons (Fsp3) is 0.294. The van der Waals surface area contributed by atoms with Crippen LogP contribution in [0.2, 0.25) is 0 Å². The average molecular weight is 240 g/mol. The molecule has 0 amide bonds. The van der Waals surface area contributed by atoms with E-state index in [1.165, 1.54) is 37.3 Å². The van der Waals surface area contributed by atoms with E-state index in [9.17, 15) is 4.39 Å². The highest BCUT2D eigenvalue weighted by Gasteiger charge is 2.16. The highest BCUT2D eigenvalue weighted by atomic mass is 19.1. The minimum atomic E-state index is -0.174. The van der Waals surface area contributed by atoms with Gasteiger partial charge in [0.15, 0.2) is 0 Å². The van der Waals surface area contributed by atoms with E-state index in [0.29, 0.717) is 0 Å². The topological polar surface area (TPSA) is 0 Å². The van der Waals surface area contributed by atoms with Crippen LogP contribution >= 0.6 is 0 Å². The normalized spacial score (nSPS) is 16.1. The molecule has 18 heavy (non-hydrogen) atoms. The van der Waals surface area contributed by atoms with Crippen LogP contribution in [-0.4, -0.2) is 0 Å². The van der Waals surface area contributed by atoms with Crippen LogP contribution in [0.25, 0.3) is 11.1 Å². The van der Waals surface area contributed by atoms with Gasteiger partial charge in [0.05, 0.1) is 0 Å². The van der Waals surface area contributed by atoms with E-state index in [4.69, 9.17) is 0 Å². The Balaban J connectivity index is 1.86. The number of rotatable bonds is 2. The van der Waals surface area contributed by atoms with Crippen LogP contribution in [0.3, 0.4) is 0 Å². The summed E-state index contributed by atoms with van der Waals surface area (Å²) in [5.74, 6) is 0.568. The van der Waals surface area contributed by atoms with Crippen molar-refractivity contribution in [1.29, 1.82) is 0 Å². The number of benzene rings is 2. The zero-order valence-corrected chi connectivity index (χ0v) is 10.4. The second-order valence-corrected chi connectivity index (χ2v) is 5.11. The Kier molecular flexibility index (Phi) is 3.14. The maximum absolute atomic E-state index is 13.2. The predicted octanol–water partition coefficient (Wildman–Crippen LogP) is 5.15. The van der Waals surface area contributed by atoms with Gasteiger partial charge in [0.2, 0.25) is 0 Å². The summed E-state index contributed by atoms with van der Waals surface area (Å²) in [7, 11) is 0. The Hall–Kier alpha value is -1.63. The van der Waals surface area contributed by atoms with Gasteiger partial charge in [-0.2, -0.15) is 0 Å². The summed E-state index contributed by atoms with van der Waals surface area (Å²) in [6, 6.07) is 15.4. The molecule has 0 bridgehead atoms. The van der Waals surface area contributed by atoms with E-state index in [1.54, 1.807) is 12.1 Å². The summed E-state index contributed by atoms with van der Waals surface area (Å²) >= 11 is 0. The first-order valence-corrected chi connectivity index (χ1v) is 6.69. The van der Waals surface area contributed by atoms with Crippen molar-refractivity contribution in [2.75, 3.05) is 0 Å². The lowest BCUT2D eigenvalue weighted by Crippen LogP contribution is -1.91. The van der Waals surface area contributed by atoms with Crippen molar-refractivity contribution >= 4 is 0 Å². The van der Waals surface area contributed by atoms with Crippen molar-refractivity contribution in [3.05, 3.63) is 59.9 Å². The monoisotopic (exact) mass is 240 g/mol. The second-order valence-electron chi connectivity index (χ2n) is 5.11. The molecule has 0 nitrogen and oxygen atoms in total. The molecule has 2 aromatic rings. The standard InChI is InChI=1S/C17H17F/c18-17-7-3-6-16(12-17)15-10-8-14(9-11-15)13-4-1-2-5-13/h3,6-13H,1-2,4-5H2. The van der Waals surface area contributed by atoms with Gasteiger partial charge in [-0.1, -0.05) is 49.2 Å². The molecule has 0 unspecified atom stereocenters. The number of hydrogen-bond acceptors (Lipinski definition) is 0. The van der Waals surface area contributed by atoms with Gasteiger partial charge < -0.3 is 0 Å². The maximum Gasteiger partial charge on any atom is 0.123 e. The molecule has 0 atom stereocenters. The average Bonchev–Trinajstić information content (AvgIpc) is 2.93. The fourth-order valence-electron chi connectivity index (χ4n) is 2.87. The molecule has 0 heterocycles. The Labute approximate surface area is 107 Å². The second kappa shape index (κ2) is 4.93. The molecule has 92 valence electrons. The SMILES string of the molecule is Fc1cccc(-c2ccc(C3CCCC3)cc2)c1. The third-order valence-electron chi connectivity index (χ3n) is 3.90. The smallest absolute Gasteiger partial charge is 0.123 e. The van der Waals surface area contributed by atoms with Gasteiger partial charge >= 0.3 is 0 Å². The lowest BCUT2D eigenvalue weighted by molar-refractivity contribution is 0.628. The molecule has 0 N–H and O–H groups in total. The summed E-state index contributed by atoms with van der Waals surface area (Å²) in [6.07, 6.45) is 5.35. The summed E-state index contributed by atoms with van der Waals surface area (Å²) in [5.41, 5.74) is 3.48. The van der Waals surface area contributed by atoms with Crippen LogP contribution in [0.5, 0.6) is 0 Å². The van der Waals surface area contributed by atoms with E-state index in [1.807, 2.05) is 6.07 Å². The van der Waals surface area contributed by atoms with E-state index in [-0.39, 0.29) is 5.82 Å². The predicted molar refractivity (Wildman–Crippen MR) is 73.0 cm³/mol. The Morgan fingerprint density at radius 1 is 0.833 bits per heavy atom. The minimum Gasteiger partial charge on any atom is -0.207 e. The van der Waals surface area contributed by atoms with Crippen LogP contribution < -0.4 is 0 Å². The van der Waals surface area contributed by atoms with Crippen molar-refractivity contribution in [1.82, 2.24) is 0 Å². The van der Waals surface area contributed by atoms with E-state index in [2.05, 4.69) is 24.3 Å². The maximum atomic E-state index is 13.2. The highest BCUT2D eigenvalue weighted by Crippen LogP contribution is 2.34. The van der Waals surface area contributed by atoms with Crippen molar-refractivity contribution < 1.29 is 4.39 Å². The first-order valence-electron chi connectivity index (χ1n) is 6.69. The summed E-state index contributed by atoms with van der Waals surface area (Å²) in [5, 5.41) is 0. The Morgan fingerprint density at radius 2 is 1.56 bits per heavy atom. The third kappa shape index (κ3) is 2.31. The first kappa shape index (κ1) is 11.5. The van der Waals surface area contributed by atoms with Gasteiger partial charge in [-0.25, -0.2) is 4.39 Å². The fourth-order valence-corrected chi connectivity index (χ4v) is 2.87. The third-order valence-corrected chi connectivity index (χ3v) is 3.90. The molecule has 2 aromatic carbocycles. The zero-order valence-electron chi connectivity index (χ0n) is 10.4. The van der Waals surface area contributed by atoms with Crippen LogP contribution in [0.4, 0.5) is 4.39 Å². The van der Waals surface area contributed by atoms with E-state index >= 15 is 0 Å². The van der Waals surface area contributed by atoms with Crippen LogP contribution in [0, 0.1) is 5.82 Å². The quantitative estimate of drug-likeness (QED) is 0.681. The van der Waals surface area contributed by atoms with Crippen LogP contribution in [0.15, 0.2) is 48.5 Å². The zero-order chi connectivity index (χ0) is 12.4. The molecule has 1 aliphatic rings. The summed E-state index contributed by atoms with van der Waals surface area (Å²) in [6.45, 7) is 0. The van der Waals surface area contributed by atoms with E-state index in [0.717, 1.165) is 17.0 Å². The van der Waals surface area contributed by atoms with Crippen molar-refractivity contribution in [3.8, 4) is 11.1 Å². The summed E-state index contributed by atoms with van der Waals surface area (Å²) < 4.78 is 13.2. The van der Waals surface area contributed by atoms with E-state index < -0.39 is 0 Å². The molecule has 0 aromatic heterocycles. The molecule has 3 rings (SSSR count). The number of halogens is 1. The first-order chi connectivity index (χ1) is 8.83. The largest absolute Gasteiger partial charge is 0.207 e. The van der Waals surface area contributed by atoms with Gasteiger partial charge in [-0.15, -0.1) is 0 Å². The van der Waals surface area contributed by atoms with Gasteiger partial charge in [-0.3, -0.25) is 0 Å². The number of hydrogen-bond donors (Lipinski definition) is 0. The molecule has 1 fully saturated rings. The molecule has 1 aliphatic carbocycles. The van der Waals surface area contributed by atoms with Crippen LogP contribution in [-0.2, 0) is 0 Å². The molecule has 0 spiro atoms. The summed E-state index contributed by atoms with van der Waals surface area (Å²) in [4.78, 5) is 0. The Bertz CT molecular complexity index is 522. The van der Waals surface area contributed by atoms with Crippen molar-refractivity contribution in [2.45, 2.75) is 31.6 Å². The van der Waals surface area contributed by atoms with Gasteiger partial charge in [-0.05, 0) is 47.6 Å². The molecular formula is C17H17F. The van der Waals surface area contributed by atoms with Gasteiger partial charge in [0.25, 0.3) is 0 Å². The molecule has 0 aliphatic heterocycles. The minimum absolute atomic E-state index is 0.174. The van der Waals surface area contributed by atoms with Crippen molar-refractivity contribution in [2.24, 2.45) is 0 Å². The molecule has 1 saturated carbocycles. The highest BCUT2D eigenvalue weighted by molar-refractivity contribution is 5.63. The van der Waals surface area contributed by atoms with Gasteiger partial charge in [0.1, 0.15) is 5.82 Å². The lowest BCUT2D eigenvalue weighted by Gasteiger charge is -2.10. The van der Waals surface area contributed by atoms with Crippen molar-refractivity contribution in [3.63, 3.8) is 0 Å². The lowest BCUT2D eigenvalue weighted by atomic mass is 9.95. The molecule has 0 radical (unpaired) electrons. The molecule has 1 heteroatoms. The molecular weight excluding hydrogens is 223 g/mol. The van der Waals surface area contributed by atoms with Gasteiger partial charge in [0, 0.05) is 0 Å². The molecule has 0 saturated heterocycles.